The third-order valence-electron chi connectivity index (χ3n) is 2.61. The maximum atomic E-state index is 11.7. The van der Waals surface area contributed by atoms with Crippen LogP contribution in [0.5, 0.6) is 5.75 Å². The number of carbonyl (C=O) groups excluding carboxylic acids is 2. The number of rotatable bonds is 4. The lowest BCUT2D eigenvalue weighted by Gasteiger charge is -2.09. The molecule has 0 radical (unpaired) electrons. The quantitative estimate of drug-likeness (QED) is 0.847. The fourth-order valence-electron chi connectivity index (χ4n) is 1.56. The molecule has 0 bridgehead atoms. The molecule has 0 fully saturated rings. The Morgan fingerprint density at radius 1 is 1.24 bits per heavy atom. The highest BCUT2D eigenvalue weighted by Crippen LogP contribution is 2.22. The summed E-state index contributed by atoms with van der Waals surface area (Å²) in [4.78, 5) is 23.3. The first-order chi connectivity index (χ1) is 10.1. The van der Waals surface area contributed by atoms with Gasteiger partial charge in [-0.05, 0) is 25.1 Å². The molecule has 2 N–H and O–H groups in total. The van der Waals surface area contributed by atoms with Crippen molar-refractivity contribution in [3.8, 4) is 5.75 Å². The molecule has 0 spiro atoms. The van der Waals surface area contributed by atoms with Gasteiger partial charge in [-0.15, -0.1) is 0 Å². The van der Waals surface area contributed by atoms with Crippen LogP contribution in [0.1, 0.15) is 16.1 Å². The first-order valence-corrected chi connectivity index (χ1v) is 6.46. The maximum Gasteiger partial charge on any atom is 0.276 e. The summed E-state index contributed by atoms with van der Waals surface area (Å²) >= 11 is 5.88. The largest absolute Gasteiger partial charge is 0.482 e. The molecule has 2 amide bonds. The second-order valence-corrected chi connectivity index (χ2v) is 4.52. The van der Waals surface area contributed by atoms with Crippen LogP contribution in [0.2, 0.25) is 5.02 Å². The Hall–Kier alpha value is -2.47. The summed E-state index contributed by atoms with van der Waals surface area (Å²) in [6.07, 6.45) is 1.40. The standard InChI is InChI=1S/C14H13ClN2O4/c1-9-10(6-7-20-9)14(19)17-16-13(18)8-21-12-5-3-2-4-11(12)15/h2-7H,8H2,1H3,(H,16,18)(H,17,19). The zero-order chi connectivity index (χ0) is 15.2. The van der Waals surface area contributed by atoms with Gasteiger partial charge in [0, 0.05) is 0 Å². The topological polar surface area (TPSA) is 80.6 Å². The van der Waals surface area contributed by atoms with Crippen LogP contribution >= 0.6 is 11.6 Å². The number of halogens is 1. The highest BCUT2D eigenvalue weighted by atomic mass is 35.5. The number of hydrogen-bond donors (Lipinski definition) is 2. The van der Waals surface area contributed by atoms with E-state index in [4.69, 9.17) is 20.8 Å². The number of amides is 2. The summed E-state index contributed by atoms with van der Waals surface area (Å²) in [5.41, 5.74) is 4.85. The van der Waals surface area contributed by atoms with Crippen molar-refractivity contribution in [3.05, 3.63) is 52.9 Å². The fourth-order valence-corrected chi connectivity index (χ4v) is 1.75. The minimum atomic E-state index is -0.510. The minimum absolute atomic E-state index is 0.269. The number of hydrazine groups is 1. The van der Waals surface area contributed by atoms with Crippen LogP contribution in [0.25, 0.3) is 0 Å². The summed E-state index contributed by atoms with van der Waals surface area (Å²) in [5.74, 6) is -0.114. The fraction of sp³-hybridized carbons (Fsp3) is 0.143. The summed E-state index contributed by atoms with van der Waals surface area (Å²) in [6, 6.07) is 8.30. The Labute approximate surface area is 126 Å². The number of hydrogen-bond acceptors (Lipinski definition) is 4. The lowest BCUT2D eigenvalue weighted by Crippen LogP contribution is -2.43. The SMILES string of the molecule is Cc1occc1C(=O)NNC(=O)COc1ccccc1Cl. The van der Waals surface area contributed by atoms with E-state index in [1.165, 1.54) is 12.3 Å². The second kappa shape index (κ2) is 6.81. The van der Waals surface area contributed by atoms with Crippen molar-refractivity contribution in [2.45, 2.75) is 6.92 Å². The lowest BCUT2D eigenvalue weighted by atomic mass is 10.2. The van der Waals surface area contributed by atoms with Gasteiger partial charge in [0.1, 0.15) is 11.5 Å². The van der Waals surface area contributed by atoms with Crippen LogP contribution in [0, 0.1) is 6.92 Å². The van der Waals surface area contributed by atoms with Crippen LogP contribution in [0.15, 0.2) is 41.0 Å². The number of para-hydroxylation sites is 1. The van der Waals surface area contributed by atoms with E-state index < -0.39 is 11.8 Å². The highest BCUT2D eigenvalue weighted by Gasteiger charge is 2.12. The Morgan fingerprint density at radius 2 is 2.00 bits per heavy atom. The molecule has 0 aliphatic carbocycles. The molecule has 6 nitrogen and oxygen atoms in total. The van der Waals surface area contributed by atoms with Gasteiger partial charge in [0.15, 0.2) is 6.61 Å². The van der Waals surface area contributed by atoms with Crippen molar-refractivity contribution in [1.29, 1.82) is 0 Å². The van der Waals surface area contributed by atoms with Gasteiger partial charge in [-0.25, -0.2) is 0 Å². The molecular weight excluding hydrogens is 296 g/mol. The zero-order valence-electron chi connectivity index (χ0n) is 11.2. The van der Waals surface area contributed by atoms with Crippen LogP contribution in [-0.4, -0.2) is 18.4 Å². The molecule has 0 aliphatic rings. The second-order valence-electron chi connectivity index (χ2n) is 4.11. The molecule has 2 rings (SSSR count). The van der Waals surface area contributed by atoms with E-state index >= 15 is 0 Å². The molecule has 2 aromatic rings. The predicted octanol–water partition coefficient (Wildman–Crippen LogP) is 2.08. The molecule has 21 heavy (non-hydrogen) atoms. The van der Waals surface area contributed by atoms with Crippen molar-refractivity contribution in [1.82, 2.24) is 10.9 Å². The molecule has 110 valence electrons. The third-order valence-corrected chi connectivity index (χ3v) is 2.93. The predicted molar refractivity (Wildman–Crippen MR) is 76.0 cm³/mol. The van der Waals surface area contributed by atoms with Crippen molar-refractivity contribution in [2.24, 2.45) is 0 Å². The number of carbonyl (C=O) groups is 2. The first kappa shape index (κ1) is 14.9. The molecule has 7 heteroatoms. The first-order valence-electron chi connectivity index (χ1n) is 6.08. The van der Waals surface area contributed by atoms with Crippen molar-refractivity contribution in [2.75, 3.05) is 6.61 Å². The van der Waals surface area contributed by atoms with Gasteiger partial charge in [0.2, 0.25) is 0 Å². The van der Waals surface area contributed by atoms with Gasteiger partial charge in [-0.2, -0.15) is 0 Å². The Kier molecular flexibility index (Phi) is 4.84. The molecule has 0 atom stereocenters. The van der Waals surface area contributed by atoms with Crippen molar-refractivity contribution >= 4 is 23.4 Å². The van der Waals surface area contributed by atoms with Gasteiger partial charge in [0.25, 0.3) is 11.8 Å². The Bertz CT molecular complexity index is 654. The summed E-state index contributed by atoms with van der Waals surface area (Å²) < 4.78 is 10.2. The van der Waals surface area contributed by atoms with Gasteiger partial charge in [-0.1, -0.05) is 23.7 Å². The molecular formula is C14H13ClN2O4. The van der Waals surface area contributed by atoms with Crippen LogP contribution in [0.4, 0.5) is 0 Å². The third kappa shape index (κ3) is 4.00. The van der Waals surface area contributed by atoms with Gasteiger partial charge < -0.3 is 9.15 Å². The van der Waals surface area contributed by atoms with E-state index in [1.807, 2.05) is 0 Å². The van der Waals surface area contributed by atoms with Crippen LogP contribution in [-0.2, 0) is 4.79 Å². The summed E-state index contributed by atoms with van der Waals surface area (Å²) in [6.45, 7) is 1.38. The molecule has 0 aliphatic heterocycles. The monoisotopic (exact) mass is 308 g/mol. The number of ether oxygens (including phenoxy) is 1. The molecule has 0 saturated heterocycles. The van der Waals surface area contributed by atoms with E-state index in [9.17, 15) is 9.59 Å². The Balaban J connectivity index is 1.79. The van der Waals surface area contributed by atoms with E-state index in [2.05, 4.69) is 10.9 Å². The van der Waals surface area contributed by atoms with Gasteiger partial charge in [0.05, 0.1) is 16.8 Å². The van der Waals surface area contributed by atoms with E-state index in [-0.39, 0.29) is 6.61 Å². The number of nitrogens with one attached hydrogen (secondary N) is 2. The van der Waals surface area contributed by atoms with Crippen LogP contribution < -0.4 is 15.6 Å². The van der Waals surface area contributed by atoms with Gasteiger partial charge in [-0.3, -0.25) is 20.4 Å². The Morgan fingerprint density at radius 3 is 2.67 bits per heavy atom. The van der Waals surface area contributed by atoms with E-state index in [0.717, 1.165) is 0 Å². The molecule has 1 aromatic heterocycles. The van der Waals surface area contributed by atoms with Crippen LogP contribution in [0.3, 0.4) is 0 Å². The summed E-state index contributed by atoms with van der Waals surface area (Å²) in [7, 11) is 0. The zero-order valence-corrected chi connectivity index (χ0v) is 11.9. The maximum absolute atomic E-state index is 11.7. The smallest absolute Gasteiger partial charge is 0.276 e. The number of aryl methyl sites for hydroxylation is 1. The van der Waals surface area contributed by atoms with E-state index in [0.29, 0.717) is 22.1 Å². The van der Waals surface area contributed by atoms with Crippen molar-refractivity contribution < 1.29 is 18.7 Å². The molecule has 0 unspecified atom stereocenters. The normalized spacial score (nSPS) is 10.0. The average molecular weight is 309 g/mol. The molecule has 1 heterocycles. The lowest BCUT2D eigenvalue weighted by molar-refractivity contribution is -0.123. The molecule has 1 aromatic carbocycles. The minimum Gasteiger partial charge on any atom is -0.482 e. The van der Waals surface area contributed by atoms with E-state index in [1.54, 1.807) is 31.2 Å². The van der Waals surface area contributed by atoms with Gasteiger partial charge >= 0.3 is 0 Å². The number of benzene rings is 1. The molecule has 0 saturated carbocycles. The highest BCUT2D eigenvalue weighted by molar-refractivity contribution is 6.32. The summed E-state index contributed by atoms with van der Waals surface area (Å²) in [5, 5.41) is 0.406. The van der Waals surface area contributed by atoms with Crippen molar-refractivity contribution in [3.63, 3.8) is 0 Å². The number of furan rings is 1. The average Bonchev–Trinajstić information content (AvgIpc) is 2.90.